The maximum Gasteiger partial charge on any atom is 0.0911 e. The third kappa shape index (κ3) is 3.88. The number of rotatable bonds is 7. The van der Waals surface area contributed by atoms with Gasteiger partial charge in [-0.2, -0.15) is 11.8 Å². The highest BCUT2D eigenvalue weighted by Gasteiger charge is 2.42. The first-order valence-corrected chi connectivity index (χ1v) is 6.18. The van der Waals surface area contributed by atoms with Crippen LogP contribution in [0.1, 0.15) is 32.6 Å². The maximum atomic E-state index is 8.76. The molecule has 0 aliphatic heterocycles. The van der Waals surface area contributed by atoms with Gasteiger partial charge in [-0.25, -0.2) is 0 Å². The molecule has 1 aliphatic carbocycles. The molecule has 1 saturated carbocycles. The number of aliphatic hydroxyl groups is 1. The average Bonchev–Trinajstić information content (AvgIpc) is 2.82. The summed E-state index contributed by atoms with van der Waals surface area (Å²) in [4.78, 5) is 0. The molecule has 1 aliphatic rings. The lowest BCUT2D eigenvalue weighted by molar-refractivity contribution is 0.289. The van der Waals surface area contributed by atoms with E-state index in [2.05, 4.69) is 6.92 Å². The lowest BCUT2D eigenvalue weighted by Gasteiger charge is -2.16. The van der Waals surface area contributed by atoms with E-state index in [1.165, 1.54) is 12.8 Å². The summed E-state index contributed by atoms with van der Waals surface area (Å²) < 4.78 is 0. The quantitative estimate of drug-likeness (QED) is 0.447. The van der Waals surface area contributed by atoms with Crippen molar-refractivity contribution in [2.24, 2.45) is 11.1 Å². The minimum atomic E-state index is 0.272. The zero-order chi connectivity index (χ0) is 10.6. The molecule has 3 nitrogen and oxygen atoms in total. The van der Waals surface area contributed by atoms with E-state index < -0.39 is 0 Å². The van der Waals surface area contributed by atoms with Crippen LogP contribution < -0.4 is 5.73 Å². The lowest BCUT2D eigenvalue weighted by atomic mass is 10.1. The standard InChI is InChI=1S/C10H20N2OS/c1-8(2-5-13)14-7-10(3-4-10)6-9(11)12/h8,13H,2-7H2,1H3,(H3,11,12). The summed E-state index contributed by atoms with van der Waals surface area (Å²) in [7, 11) is 0. The third-order valence-electron chi connectivity index (χ3n) is 2.73. The highest BCUT2D eigenvalue weighted by atomic mass is 32.2. The summed E-state index contributed by atoms with van der Waals surface area (Å²) in [6.45, 7) is 2.42. The number of amidine groups is 1. The van der Waals surface area contributed by atoms with Crippen molar-refractivity contribution in [3.8, 4) is 0 Å². The molecule has 0 aromatic carbocycles. The largest absolute Gasteiger partial charge is 0.396 e. The maximum absolute atomic E-state index is 8.76. The number of hydrogen-bond donors (Lipinski definition) is 3. The second kappa shape index (κ2) is 5.03. The number of thioether (sulfide) groups is 1. The molecular weight excluding hydrogens is 196 g/mol. The smallest absolute Gasteiger partial charge is 0.0911 e. The minimum absolute atomic E-state index is 0.272. The molecule has 14 heavy (non-hydrogen) atoms. The van der Waals surface area contributed by atoms with E-state index in [0.717, 1.165) is 18.6 Å². The van der Waals surface area contributed by atoms with Crippen molar-refractivity contribution in [2.45, 2.75) is 37.9 Å². The molecule has 1 atom stereocenters. The van der Waals surface area contributed by atoms with Crippen LogP contribution in [-0.4, -0.2) is 28.6 Å². The van der Waals surface area contributed by atoms with Gasteiger partial charge in [0.1, 0.15) is 0 Å². The summed E-state index contributed by atoms with van der Waals surface area (Å²) in [5, 5.41) is 16.6. The zero-order valence-electron chi connectivity index (χ0n) is 8.75. The van der Waals surface area contributed by atoms with Crippen molar-refractivity contribution in [3.05, 3.63) is 0 Å². The molecule has 0 radical (unpaired) electrons. The van der Waals surface area contributed by atoms with Crippen LogP contribution in [0.25, 0.3) is 0 Å². The van der Waals surface area contributed by atoms with Gasteiger partial charge in [0.05, 0.1) is 5.84 Å². The highest BCUT2D eigenvalue weighted by molar-refractivity contribution is 7.99. The molecule has 4 N–H and O–H groups in total. The Kier molecular flexibility index (Phi) is 4.26. The normalized spacial score (nSPS) is 20.4. The molecular formula is C10H20N2OS. The van der Waals surface area contributed by atoms with Gasteiger partial charge in [0.2, 0.25) is 0 Å². The molecule has 0 aromatic rings. The molecule has 0 spiro atoms. The number of nitrogens with two attached hydrogens (primary N) is 1. The van der Waals surface area contributed by atoms with E-state index in [0.29, 0.717) is 16.5 Å². The first-order valence-electron chi connectivity index (χ1n) is 5.13. The Bertz CT molecular complexity index is 204. The molecule has 1 fully saturated rings. The van der Waals surface area contributed by atoms with Crippen LogP contribution in [0.2, 0.25) is 0 Å². The van der Waals surface area contributed by atoms with E-state index in [1.54, 1.807) is 0 Å². The Morgan fingerprint density at radius 2 is 2.29 bits per heavy atom. The Morgan fingerprint density at radius 3 is 2.71 bits per heavy atom. The molecule has 1 rings (SSSR count). The fourth-order valence-electron chi connectivity index (χ4n) is 1.54. The van der Waals surface area contributed by atoms with Crippen molar-refractivity contribution >= 4 is 17.6 Å². The first-order chi connectivity index (χ1) is 6.58. The minimum Gasteiger partial charge on any atom is -0.396 e. The Morgan fingerprint density at radius 1 is 1.64 bits per heavy atom. The monoisotopic (exact) mass is 216 g/mol. The van der Waals surface area contributed by atoms with E-state index in [9.17, 15) is 0 Å². The number of aliphatic hydroxyl groups excluding tert-OH is 1. The van der Waals surface area contributed by atoms with Crippen LogP contribution >= 0.6 is 11.8 Å². The van der Waals surface area contributed by atoms with E-state index in [-0.39, 0.29) is 6.61 Å². The van der Waals surface area contributed by atoms with Crippen molar-refractivity contribution < 1.29 is 5.11 Å². The zero-order valence-corrected chi connectivity index (χ0v) is 9.57. The van der Waals surface area contributed by atoms with Crippen LogP contribution in [0.15, 0.2) is 0 Å². The van der Waals surface area contributed by atoms with Crippen LogP contribution in [0.3, 0.4) is 0 Å². The molecule has 0 heterocycles. The predicted molar refractivity (Wildman–Crippen MR) is 61.8 cm³/mol. The number of hydrogen-bond acceptors (Lipinski definition) is 3. The summed E-state index contributed by atoms with van der Waals surface area (Å²) >= 11 is 1.90. The van der Waals surface area contributed by atoms with Gasteiger partial charge in [-0.3, -0.25) is 5.41 Å². The summed E-state index contributed by atoms with van der Waals surface area (Å²) in [5.41, 5.74) is 5.75. The summed E-state index contributed by atoms with van der Waals surface area (Å²) in [6, 6.07) is 0. The Balaban J connectivity index is 2.20. The number of nitrogens with one attached hydrogen (secondary N) is 1. The molecule has 0 aromatic heterocycles. The fourth-order valence-corrected chi connectivity index (χ4v) is 2.84. The van der Waals surface area contributed by atoms with Crippen molar-refractivity contribution in [3.63, 3.8) is 0 Å². The topological polar surface area (TPSA) is 70.1 Å². The van der Waals surface area contributed by atoms with Crippen LogP contribution in [0, 0.1) is 10.8 Å². The average molecular weight is 216 g/mol. The van der Waals surface area contributed by atoms with Gasteiger partial charge in [-0.05, 0) is 30.4 Å². The van der Waals surface area contributed by atoms with Gasteiger partial charge in [0.15, 0.2) is 0 Å². The van der Waals surface area contributed by atoms with Gasteiger partial charge in [-0.1, -0.05) is 6.92 Å². The lowest BCUT2D eigenvalue weighted by Crippen LogP contribution is -2.19. The van der Waals surface area contributed by atoms with Gasteiger partial charge in [-0.15, -0.1) is 0 Å². The Hall–Kier alpha value is -0.220. The van der Waals surface area contributed by atoms with E-state index in [4.69, 9.17) is 16.2 Å². The molecule has 4 heteroatoms. The molecule has 0 saturated heterocycles. The SMILES string of the molecule is CC(CCO)SCC1(CC(=N)N)CC1. The molecule has 1 unspecified atom stereocenters. The van der Waals surface area contributed by atoms with Crippen molar-refractivity contribution in [1.29, 1.82) is 5.41 Å². The van der Waals surface area contributed by atoms with Gasteiger partial charge >= 0.3 is 0 Å². The molecule has 0 amide bonds. The predicted octanol–water partition coefficient (Wildman–Crippen LogP) is 1.60. The van der Waals surface area contributed by atoms with E-state index >= 15 is 0 Å². The fraction of sp³-hybridized carbons (Fsp3) is 0.900. The van der Waals surface area contributed by atoms with Gasteiger partial charge in [0.25, 0.3) is 0 Å². The van der Waals surface area contributed by atoms with Gasteiger partial charge < -0.3 is 10.8 Å². The van der Waals surface area contributed by atoms with Crippen LogP contribution in [0.4, 0.5) is 0 Å². The van der Waals surface area contributed by atoms with Crippen molar-refractivity contribution in [1.82, 2.24) is 0 Å². The molecule has 82 valence electrons. The van der Waals surface area contributed by atoms with Crippen LogP contribution in [-0.2, 0) is 0 Å². The second-order valence-electron chi connectivity index (χ2n) is 4.34. The Labute approximate surface area is 90.0 Å². The summed E-state index contributed by atoms with van der Waals surface area (Å²) in [5.74, 6) is 1.41. The van der Waals surface area contributed by atoms with Crippen LogP contribution in [0.5, 0.6) is 0 Å². The molecule has 0 bridgehead atoms. The second-order valence-corrected chi connectivity index (χ2v) is 5.76. The first kappa shape index (κ1) is 11.9. The van der Waals surface area contributed by atoms with Crippen molar-refractivity contribution in [2.75, 3.05) is 12.4 Å². The highest BCUT2D eigenvalue weighted by Crippen LogP contribution is 2.51. The van der Waals surface area contributed by atoms with Gasteiger partial charge in [0, 0.05) is 18.3 Å². The third-order valence-corrected chi connectivity index (χ3v) is 4.32. The van der Waals surface area contributed by atoms with E-state index in [1.807, 2.05) is 11.8 Å². The summed E-state index contributed by atoms with van der Waals surface area (Å²) in [6.07, 6.45) is 4.05.